The molecule has 0 saturated carbocycles. The zero-order valence-corrected chi connectivity index (χ0v) is 12.9. The molecule has 0 bridgehead atoms. The third-order valence-electron chi connectivity index (χ3n) is 2.38. The van der Waals surface area contributed by atoms with Gasteiger partial charge in [-0.25, -0.2) is 0 Å². The van der Waals surface area contributed by atoms with E-state index in [1.54, 1.807) is 0 Å². The first-order valence-electron chi connectivity index (χ1n) is 5.24. The van der Waals surface area contributed by atoms with Gasteiger partial charge in [-0.1, -0.05) is 24.6 Å². The molecule has 2 aromatic rings. The van der Waals surface area contributed by atoms with Crippen LogP contribution in [0.2, 0.25) is 5.02 Å². The van der Waals surface area contributed by atoms with Crippen molar-refractivity contribution < 1.29 is 0 Å². The van der Waals surface area contributed by atoms with E-state index in [2.05, 4.69) is 39.7 Å². The van der Waals surface area contributed by atoms with Gasteiger partial charge in [-0.3, -0.25) is 5.10 Å². The lowest BCUT2D eigenvalue weighted by Gasteiger charge is -2.06. The standard InChI is InChI=1S/C11H11ClIN3S/c1-2-5-16-10(14-15-11(16)17)7-3-4-9(13)8(12)6-7/h3-4,6H,2,5H2,1H3,(H,15,17). The number of rotatable bonds is 3. The Kier molecular flexibility index (Phi) is 4.22. The minimum Gasteiger partial charge on any atom is -0.300 e. The van der Waals surface area contributed by atoms with Crippen molar-refractivity contribution in [1.82, 2.24) is 14.8 Å². The number of aromatic nitrogens is 3. The Morgan fingerprint density at radius 3 is 2.94 bits per heavy atom. The molecule has 17 heavy (non-hydrogen) atoms. The van der Waals surface area contributed by atoms with E-state index in [0.29, 0.717) is 4.77 Å². The molecule has 1 aromatic heterocycles. The molecule has 0 fully saturated rings. The van der Waals surface area contributed by atoms with Crippen molar-refractivity contribution in [2.75, 3.05) is 0 Å². The van der Waals surface area contributed by atoms with E-state index in [1.165, 1.54) is 0 Å². The van der Waals surface area contributed by atoms with Crippen LogP contribution in [0.15, 0.2) is 18.2 Å². The van der Waals surface area contributed by atoms with Crippen molar-refractivity contribution in [3.63, 3.8) is 0 Å². The lowest BCUT2D eigenvalue weighted by molar-refractivity contribution is 0.675. The topological polar surface area (TPSA) is 33.6 Å². The summed E-state index contributed by atoms with van der Waals surface area (Å²) in [5.41, 5.74) is 0.983. The maximum Gasteiger partial charge on any atom is 0.195 e. The van der Waals surface area contributed by atoms with Crippen LogP contribution in [0.5, 0.6) is 0 Å². The summed E-state index contributed by atoms with van der Waals surface area (Å²) < 4.78 is 3.68. The van der Waals surface area contributed by atoms with Gasteiger partial charge in [-0.05, 0) is 53.4 Å². The van der Waals surface area contributed by atoms with Gasteiger partial charge in [-0.15, -0.1) is 0 Å². The van der Waals surface area contributed by atoms with Gasteiger partial charge in [0.25, 0.3) is 0 Å². The predicted octanol–water partition coefficient (Wildman–Crippen LogP) is 4.28. The SMILES string of the molecule is CCCn1c(-c2ccc(I)c(Cl)c2)n[nH]c1=S. The summed E-state index contributed by atoms with van der Waals surface area (Å²) in [6, 6.07) is 5.90. The van der Waals surface area contributed by atoms with Crippen LogP contribution in [0, 0.1) is 8.34 Å². The van der Waals surface area contributed by atoms with E-state index in [0.717, 1.165) is 32.9 Å². The maximum absolute atomic E-state index is 6.12. The van der Waals surface area contributed by atoms with Gasteiger partial charge >= 0.3 is 0 Å². The Bertz CT molecular complexity index is 591. The molecule has 0 spiro atoms. The molecule has 90 valence electrons. The van der Waals surface area contributed by atoms with E-state index >= 15 is 0 Å². The molecule has 0 aliphatic carbocycles. The molecule has 0 unspecified atom stereocenters. The smallest absolute Gasteiger partial charge is 0.195 e. The molecule has 0 radical (unpaired) electrons. The minimum absolute atomic E-state index is 0.650. The van der Waals surface area contributed by atoms with E-state index in [4.69, 9.17) is 23.8 Å². The maximum atomic E-state index is 6.12. The van der Waals surface area contributed by atoms with E-state index in [-0.39, 0.29) is 0 Å². The first-order valence-corrected chi connectivity index (χ1v) is 7.10. The first-order chi connectivity index (χ1) is 8.13. The highest BCUT2D eigenvalue weighted by atomic mass is 127. The molecule has 0 amide bonds. The van der Waals surface area contributed by atoms with E-state index in [9.17, 15) is 0 Å². The Labute approximate surface area is 123 Å². The number of hydrogen-bond acceptors (Lipinski definition) is 2. The highest BCUT2D eigenvalue weighted by Crippen LogP contribution is 2.25. The molecule has 1 N–H and O–H groups in total. The largest absolute Gasteiger partial charge is 0.300 e. The van der Waals surface area contributed by atoms with Crippen LogP contribution in [0.3, 0.4) is 0 Å². The molecule has 1 aromatic carbocycles. The number of halogens is 2. The van der Waals surface area contributed by atoms with Crippen LogP contribution < -0.4 is 0 Å². The molecule has 0 saturated heterocycles. The second-order valence-electron chi connectivity index (χ2n) is 3.63. The molecular weight excluding hydrogens is 369 g/mol. The number of H-pyrrole nitrogens is 1. The molecule has 3 nitrogen and oxygen atoms in total. The second kappa shape index (κ2) is 5.49. The summed E-state index contributed by atoms with van der Waals surface area (Å²) >= 11 is 13.5. The highest BCUT2D eigenvalue weighted by Gasteiger charge is 2.09. The average molecular weight is 380 g/mol. The zero-order chi connectivity index (χ0) is 12.4. The fourth-order valence-electron chi connectivity index (χ4n) is 1.60. The van der Waals surface area contributed by atoms with Crippen molar-refractivity contribution in [1.29, 1.82) is 0 Å². The van der Waals surface area contributed by atoms with Crippen molar-refractivity contribution in [2.24, 2.45) is 0 Å². The molecular formula is C11H11ClIN3S. The van der Waals surface area contributed by atoms with Gasteiger partial charge < -0.3 is 4.57 Å². The van der Waals surface area contributed by atoms with Crippen LogP contribution in [-0.2, 0) is 6.54 Å². The average Bonchev–Trinajstić information content (AvgIpc) is 2.66. The highest BCUT2D eigenvalue weighted by molar-refractivity contribution is 14.1. The summed E-state index contributed by atoms with van der Waals surface area (Å²) in [4.78, 5) is 0. The number of nitrogens with zero attached hydrogens (tertiary/aromatic N) is 2. The molecule has 0 atom stereocenters. The first kappa shape index (κ1) is 13.0. The lowest BCUT2D eigenvalue weighted by atomic mass is 10.2. The summed E-state index contributed by atoms with van der Waals surface area (Å²) in [5.74, 6) is 0.843. The lowest BCUT2D eigenvalue weighted by Crippen LogP contribution is -2.00. The summed E-state index contributed by atoms with van der Waals surface area (Å²) in [5, 5.41) is 7.82. The van der Waals surface area contributed by atoms with Crippen molar-refractivity contribution >= 4 is 46.4 Å². The molecule has 0 aliphatic rings. The zero-order valence-electron chi connectivity index (χ0n) is 9.20. The van der Waals surface area contributed by atoms with E-state index < -0.39 is 0 Å². The Balaban J connectivity index is 2.52. The van der Waals surface area contributed by atoms with Gasteiger partial charge in [0.2, 0.25) is 0 Å². The molecule has 1 heterocycles. The van der Waals surface area contributed by atoms with Crippen LogP contribution in [-0.4, -0.2) is 14.8 Å². The predicted molar refractivity (Wildman–Crippen MR) is 80.9 cm³/mol. The van der Waals surface area contributed by atoms with Crippen LogP contribution >= 0.6 is 46.4 Å². The third-order valence-corrected chi connectivity index (χ3v) is 4.27. The van der Waals surface area contributed by atoms with Crippen molar-refractivity contribution in [2.45, 2.75) is 19.9 Å². The number of aromatic amines is 1. The van der Waals surface area contributed by atoms with Gasteiger partial charge in [0.1, 0.15) is 0 Å². The van der Waals surface area contributed by atoms with Crippen molar-refractivity contribution in [3.8, 4) is 11.4 Å². The Hall–Kier alpha value is -0.400. The number of benzene rings is 1. The molecule has 6 heteroatoms. The van der Waals surface area contributed by atoms with Gasteiger partial charge in [0.15, 0.2) is 10.6 Å². The Morgan fingerprint density at radius 2 is 2.29 bits per heavy atom. The summed E-state index contributed by atoms with van der Waals surface area (Å²) in [7, 11) is 0. The minimum atomic E-state index is 0.650. The van der Waals surface area contributed by atoms with Gasteiger partial charge in [0.05, 0.1) is 5.02 Å². The van der Waals surface area contributed by atoms with Gasteiger partial charge in [-0.2, -0.15) is 5.10 Å². The normalized spacial score (nSPS) is 10.8. The fourth-order valence-corrected chi connectivity index (χ4v) is 2.34. The van der Waals surface area contributed by atoms with E-state index in [1.807, 2.05) is 22.8 Å². The van der Waals surface area contributed by atoms with Crippen molar-refractivity contribution in [3.05, 3.63) is 31.6 Å². The molecule has 0 aliphatic heterocycles. The number of hydrogen-bond donors (Lipinski definition) is 1. The monoisotopic (exact) mass is 379 g/mol. The summed E-state index contributed by atoms with van der Waals surface area (Å²) in [6.07, 6.45) is 1.01. The second-order valence-corrected chi connectivity index (χ2v) is 5.59. The molecule has 2 rings (SSSR count). The summed E-state index contributed by atoms with van der Waals surface area (Å²) in [6.45, 7) is 2.97. The number of nitrogens with one attached hydrogen (secondary N) is 1. The van der Waals surface area contributed by atoms with Crippen LogP contribution in [0.1, 0.15) is 13.3 Å². The van der Waals surface area contributed by atoms with Crippen LogP contribution in [0.25, 0.3) is 11.4 Å². The van der Waals surface area contributed by atoms with Crippen LogP contribution in [0.4, 0.5) is 0 Å². The van der Waals surface area contributed by atoms with Gasteiger partial charge in [0, 0.05) is 15.7 Å². The third kappa shape index (κ3) is 2.71. The Morgan fingerprint density at radius 1 is 1.53 bits per heavy atom. The fraction of sp³-hybridized carbons (Fsp3) is 0.273. The quantitative estimate of drug-likeness (QED) is 0.638.